The van der Waals surface area contributed by atoms with E-state index in [2.05, 4.69) is 20.9 Å². The number of pyridine rings is 2. The second-order valence-corrected chi connectivity index (χ2v) is 6.39. The SMILES string of the molecule is O=C(c1ccnc(F)c1)N1C[C@@H]2OCCN(Cc3cccnc3)[C@H]2C1. The lowest BCUT2D eigenvalue weighted by Gasteiger charge is -2.36. The van der Waals surface area contributed by atoms with Gasteiger partial charge in [0.05, 0.1) is 18.8 Å². The number of carbonyl (C=O) groups is 1. The molecular weight excluding hydrogens is 323 g/mol. The summed E-state index contributed by atoms with van der Waals surface area (Å²) in [6.45, 7) is 3.35. The lowest BCUT2D eigenvalue weighted by Crippen LogP contribution is -2.50. The normalized spacial score (nSPS) is 23.5. The molecule has 25 heavy (non-hydrogen) atoms. The molecule has 6 nitrogen and oxygen atoms in total. The molecule has 2 atom stereocenters. The zero-order valence-electron chi connectivity index (χ0n) is 13.7. The van der Waals surface area contributed by atoms with Gasteiger partial charge in [0.2, 0.25) is 5.95 Å². The van der Waals surface area contributed by atoms with Gasteiger partial charge in [-0.15, -0.1) is 0 Å². The third kappa shape index (κ3) is 3.38. The summed E-state index contributed by atoms with van der Waals surface area (Å²) in [5, 5.41) is 0. The van der Waals surface area contributed by atoms with Crippen molar-refractivity contribution < 1.29 is 13.9 Å². The van der Waals surface area contributed by atoms with Crippen molar-refractivity contribution in [2.75, 3.05) is 26.2 Å². The van der Waals surface area contributed by atoms with E-state index < -0.39 is 5.95 Å². The Morgan fingerprint density at radius 1 is 1.32 bits per heavy atom. The average Bonchev–Trinajstić information content (AvgIpc) is 3.07. The number of hydrogen-bond acceptors (Lipinski definition) is 5. The fourth-order valence-corrected chi connectivity index (χ4v) is 3.56. The molecule has 0 spiro atoms. The van der Waals surface area contributed by atoms with Gasteiger partial charge in [-0.3, -0.25) is 14.7 Å². The lowest BCUT2D eigenvalue weighted by molar-refractivity contribution is -0.0503. The zero-order valence-corrected chi connectivity index (χ0v) is 13.7. The molecule has 4 rings (SSSR count). The van der Waals surface area contributed by atoms with E-state index in [1.807, 2.05) is 12.3 Å². The molecule has 2 aliphatic rings. The van der Waals surface area contributed by atoms with Gasteiger partial charge in [-0.1, -0.05) is 6.07 Å². The van der Waals surface area contributed by atoms with Gasteiger partial charge in [-0.05, 0) is 17.7 Å². The van der Waals surface area contributed by atoms with E-state index in [0.717, 1.165) is 18.7 Å². The molecule has 7 heteroatoms. The number of fused-ring (bicyclic) bond motifs is 1. The number of likely N-dealkylation sites (tertiary alicyclic amines) is 1. The van der Waals surface area contributed by atoms with Crippen LogP contribution in [0, 0.1) is 5.95 Å². The molecule has 0 bridgehead atoms. The van der Waals surface area contributed by atoms with Crippen molar-refractivity contribution in [3.05, 3.63) is 59.9 Å². The van der Waals surface area contributed by atoms with Crippen LogP contribution in [0.25, 0.3) is 0 Å². The molecule has 4 heterocycles. The Kier molecular flexibility index (Phi) is 4.42. The maximum Gasteiger partial charge on any atom is 0.254 e. The fourth-order valence-electron chi connectivity index (χ4n) is 3.56. The van der Waals surface area contributed by atoms with Crippen LogP contribution in [0.5, 0.6) is 0 Å². The predicted molar refractivity (Wildman–Crippen MR) is 88.3 cm³/mol. The van der Waals surface area contributed by atoms with E-state index in [9.17, 15) is 9.18 Å². The quantitative estimate of drug-likeness (QED) is 0.788. The van der Waals surface area contributed by atoms with Gasteiger partial charge in [0.1, 0.15) is 0 Å². The van der Waals surface area contributed by atoms with Gasteiger partial charge < -0.3 is 9.64 Å². The van der Waals surface area contributed by atoms with E-state index in [1.165, 1.54) is 12.3 Å². The summed E-state index contributed by atoms with van der Waals surface area (Å²) < 4.78 is 19.2. The van der Waals surface area contributed by atoms with Gasteiger partial charge in [0, 0.05) is 56.4 Å². The van der Waals surface area contributed by atoms with Gasteiger partial charge in [0.15, 0.2) is 0 Å². The molecule has 2 fully saturated rings. The Morgan fingerprint density at radius 3 is 3.04 bits per heavy atom. The smallest absolute Gasteiger partial charge is 0.254 e. The molecule has 0 aliphatic carbocycles. The molecule has 0 aromatic carbocycles. The summed E-state index contributed by atoms with van der Waals surface area (Å²) in [4.78, 5) is 24.4. The molecule has 0 N–H and O–H groups in total. The van der Waals surface area contributed by atoms with Crippen molar-refractivity contribution in [1.29, 1.82) is 0 Å². The monoisotopic (exact) mass is 342 g/mol. The zero-order chi connectivity index (χ0) is 17.2. The number of carbonyl (C=O) groups excluding carboxylic acids is 1. The molecule has 0 saturated carbocycles. The minimum absolute atomic E-state index is 0.0129. The number of halogens is 1. The molecule has 0 radical (unpaired) electrons. The maximum absolute atomic E-state index is 13.3. The molecule has 2 aliphatic heterocycles. The summed E-state index contributed by atoms with van der Waals surface area (Å²) in [6.07, 6.45) is 4.93. The number of rotatable bonds is 3. The van der Waals surface area contributed by atoms with E-state index in [0.29, 0.717) is 25.3 Å². The van der Waals surface area contributed by atoms with Gasteiger partial charge in [0.25, 0.3) is 5.91 Å². The minimum atomic E-state index is -0.642. The second-order valence-electron chi connectivity index (χ2n) is 6.39. The van der Waals surface area contributed by atoms with Crippen molar-refractivity contribution in [3.63, 3.8) is 0 Å². The molecule has 0 unspecified atom stereocenters. The average molecular weight is 342 g/mol. The molecule has 1 amide bonds. The highest BCUT2D eigenvalue weighted by Crippen LogP contribution is 2.25. The third-order valence-corrected chi connectivity index (χ3v) is 4.79. The van der Waals surface area contributed by atoms with E-state index in [-0.39, 0.29) is 18.1 Å². The lowest BCUT2D eigenvalue weighted by atomic mass is 10.1. The van der Waals surface area contributed by atoms with Gasteiger partial charge >= 0.3 is 0 Å². The molecule has 130 valence electrons. The first kappa shape index (κ1) is 16.1. The Morgan fingerprint density at radius 2 is 2.24 bits per heavy atom. The third-order valence-electron chi connectivity index (χ3n) is 4.79. The highest BCUT2D eigenvalue weighted by molar-refractivity contribution is 5.94. The van der Waals surface area contributed by atoms with Crippen molar-refractivity contribution in [2.45, 2.75) is 18.7 Å². The number of amides is 1. The topological polar surface area (TPSA) is 58.6 Å². The fraction of sp³-hybridized carbons (Fsp3) is 0.389. The summed E-state index contributed by atoms with van der Waals surface area (Å²) >= 11 is 0. The van der Waals surface area contributed by atoms with Crippen molar-refractivity contribution >= 4 is 5.91 Å². The van der Waals surface area contributed by atoms with E-state index in [1.54, 1.807) is 17.2 Å². The number of nitrogens with zero attached hydrogens (tertiary/aromatic N) is 4. The van der Waals surface area contributed by atoms with Crippen molar-refractivity contribution in [1.82, 2.24) is 19.8 Å². The van der Waals surface area contributed by atoms with Crippen LogP contribution in [0.4, 0.5) is 4.39 Å². The number of hydrogen-bond donors (Lipinski definition) is 0. The Bertz CT molecular complexity index is 758. The van der Waals surface area contributed by atoms with Crippen LogP contribution in [0.1, 0.15) is 15.9 Å². The van der Waals surface area contributed by atoms with Crippen LogP contribution in [-0.2, 0) is 11.3 Å². The first-order valence-electron chi connectivity index (χ1n) is 8.36. The highest BCUT2D eigenvalue weighted by atomic mass is 19.1. The van der Waals surface area contributed by atoms with Gasteiger partial charge in [-0.25, -0.2) is 4.98 Å². The van der Waals surface area contributed by atoms with Crippen LogP contribution in [0.2, 0.25) is 0 Å². The van der Waals surface area contributed by atoms with Gasteiger partial charge in [-0.2, -0.15) is 4.39 Å². The standard InChI is InChI=1S/C18H19FN4O2/c19-17-8-14(3-5-21-17)18(24)23-11-15-16(12-23)25-7-6-22(15)10-13-2-1-4-20-9-13/h1-5,8-9,15-16H,6-7,10-12H2/t15-,16-/m0/s1. The van der Waals surface area contributed by atoms with Crippen molar-refractivity contribution in [2.24, 2.45) is 0 Å². The second kappa shape index (κ2) is 6.85. The van der Waals surface area contributed by atoms with Crippen LogP contribution < -0.4 is 0 Å². The summed E-state index contributed by atoms with van der Waals surface area (Å²) in [7, 11) is 0. The molecular formula is C18H19FN4O2. The predicted octanol–water partition coefficient (Wildman–Crippen LogP) is 1.34. The number of morpholine rings is 1. The van der Waals surface area contributed by atoms with Crippen LogP contribution in [0.15, 0.2) is 42.9 Å². The maximum atomic E-state index is 13.3. The van der Waals surface area contributed by atoms with Crippen molar-refractivity contribution in [3.8, 4) is 0 Å². The summed E-state index contributed by atoms with van der Waals surface area (Å²) in [5.41, 5.74) is 1.47. The summed E-state index contributed by atoms with van der Waals surface area (Å²) in [6, 6.07) is 6.84. The van der Waals surface area contributed by atoms with E-state index in [4.69, 9.17) is 4.74 Å². The number of ether oxygens (including phenoxy) is 1. The highest BCUT2D eigenvalue weighted by Gasteiger charge is 2.41. The molecule has 2 aromatic rings. The van der Waals surface area contributed by atoms with Crippen LogP contribution >= 0.6 is 0 Å². The molecule has 2 saturated heterocycles. The minimum Gasteiger partial charge on any atom is -0.373 e. The first-order chi connectivity index (χ1) is 12.2. The number of aromatic nitrogens is 2. The Balaban J connectivity index is 1.48. The van der Waals surface area contributed by atoms with Crippen LogP contribution in [0.3, 0.4) is 0 Å². The first-order valence-corrected chi connectivity index (χ1v) is 8.36. The Hall–Kier alpha value is -2.38. The summed E-state index contributed by atoms with van der Waals surface area (Å²) in [5.74, 6) is -0.822. The Labute approximate surface area is 145 Å². The largest absolute Gasteiger partial charge is 0.373 e. The van der Waals surface area contributed by atoms with E-state index >= 15 is 0 Å². The van der Waals surface area contributed by atoms with Crippen LogP contribution in [-0.4, -0.2) is 64.1 Å². The molecule has 2 aromatic heterocycles.